The third-order valence-corrected chi connectivity index (χ3v) is 3.53. The van der Waals surface area contributed by atoms with Gasteiger partial charge in [-0.3, -0.25) is 9.58 Å². The van der Waals surface area contributed by atoms with Crippen molar-refractivity contribution in [1.82, 2.24) is 20.0 Å². The Morgan fingerprint density at radius 1 is 1.53 bits per heavy atom. The van der Waals surface area contributed by atoms with E-state index in [1.807, 2.05) is 17.9 Å². The quantitative estimate of drug-likeness (QED) is 0.829. The highest BCUT2D eigenvalue weighted by Crippen LogP contribution is 2.12. The third kappa shape index (κ3) is 3.54. The molecule has 4 nitrogen and oxygen atoms in total. The Labute approximate surface area is 104 Å². The number of rotatable bonds is 5. The maximum Gasteiger partial charge on any atom is 0.0637 e. The highest BCUT2D eigenvalue weighted by molar-refractivity contribution is 4.99. The molecule has 2 rings (SSSR count). The van der Waals surface area contributed by atoms with E-state index in [1.54, 1.807) is 0 Å². The first kappa shape index (κ1) is 12.6. The maximum absolute atomic E-state index is 4.38. The lowest BCUT2D eigenvalue weighted by atomic mass is 10.2. The first-order valence-corrected chi connectivity index (χ1v) is 6.61. The molecule has 0 saturated carbocycles. The minimum atomic E-state index is 0.668. The highest BCUT2D eigenvalue weighted by atomic mass is 15.2. The molecule has 0 amide bonds. The normalized spacial score (nSPS) is 21.5. The second-order valence-corrected chi connectivity index (χ2v) is 5.26. The Morgan fingerprint density at radius 2 is 2.35 bits per heavy atom. The van der Waals surface area contributed by atoms with E-state index in [-0.39, 0.29) is 0 Å². The van der Waals surface area contributed by atoms with E-state index in [0.717, 1.165) is 13.0 Å². The van der Waals surface area contributed by atoms with Gasteiger partial charge in [-0.05, 0) is 32.9 Å². The standard InChI is InChI=1S/C13H24N4/c1-11(2)17-9-6-13(10-17)14-7-4-12-5-8-16(3)15-12/h5,8,11,13-14H,4,6-7,9-10H2,1-3H3. The topological polar surface area (TPSA) is 33.1 Å². The summed E-state index contributed by atoms with van der Waals surface area (Å²) in [6, 6.07) is 3.44. The van der Waals surface area contributed by atoms with Gasteiger partial charge in [0.25, 0.3) is 0 Å². The van der Waals surface area contributed by atoms with Crippen LogP contribution < -0.4 is 5.32 Å². The van der Waals surface area contributed by atoms with Crippen molar-refractivity contribution in [2.24, 2.45) is 7.05 Å². The van der Waals surface area contributed by atoms with Crippen LogP contribution >= 0.6 is 0 Å². The third-order valence-electron chi connectivity index (χ3n) is 3.53. The zero-order chi connectivity index (χ0) is 12.3. The smallest absolute Gasteiger partial charge is 0.0637 e. The largest absolute Gasteiger partial charge is 0.312 e. The van der Waals surface area contributed by atoms with Gasteiger partial charge < -0.3 is 5.32 Å². The summed E-state index contributed by atoms with van der Waals surface area (Å²) in [6.45, 7) is 8.01. The van der Waals surface area contributed by atoms with Gasteiger partial charge in [-0.1, -0.05) is 0 Å². The predicted octanol–water partition coefficient (Wildman–Crippen LogP) is 1.03. The monoisotopic (exact) mass is 236 g/mol. The number of nitrogens with zero attached hydrogens (tertiary/aromatic N) is 3. The van der Waals surface area contributed by atoms with E-state index in [2.05, 4.69) is 35.2 Å². The molecule has 17 heavy (non-hydrogen) atoms. The van der Waals surface area contributed by atoms with Crippen molar-refractivity contribution >= 4 is 0 Å². The molecule has 1 saturated heterocycles. The Kier molecular flexibility index (Phi) is 4.18. The van der Waals surface area contributed by atoms with Crippen LogP contribution in [0.5, 0.6) is 0 Å². The molecule has 2 heterocycles. The first-order chi connectivity index (χ1) is 8.15. The van der Waals surface area contributed by atoms with Crippen LogP contribution in [0.4, 0.5) is 0 Å². The Balaban J connectivity index is 1.66. The molecule has 1 aromatic heterocycles. The van der Waals surface area contributed by atoms with Crippen molar-refractivity contribution in [2.45, 2.75) is 38.8 Å². The molecule has 1 aromatic rings. The lowest BCUT2D eigenvalue weighted by Gasteiger charge is -2.20. The first-order valence-electron chi connectivity index (χ1n) is 6.61. The van der Waals surface area contributed by atoms with Crippen molar-refractivity contribution in [1.29, 1.82) is 0 Å². The maximum atomic E-state index is 4.38. The van der Waals surface area contributed by atoms with Crippen LogP contribution in [0.1, 0.15) is 26.0 Å². The van der Waals surface area contributed by atoms with Gasteiger partial charge in [-0.25, -0.2) is 0 Å². The summed E-state index contributed by atoms with van der Waals surface area (Å²) in [4.78, 5) is 2.54. The molecule has 0 radical (unpaired) electrons. The van der Waals surface area contributed by atoms with E-state index in [1.165, 1.54) is 25.2 Å². The lowest BCUT2D eigenvalue weighted by molar-refractivity contribution is 0.268. The van der Waals surface area contributed by atoms with Gasteiger partial charge in [0, 0.05) is 44.8 Å². The van der Waals surface area contributed by atoms with Crippen LogP contribution in [0.15, 0.2) is 12.3 Å². The molecule has 0 spiro atoms. The van der Waals surface area contributed by atoms with Crippen LogP contribution in [-0.2, 0) is 13.5 Å². The molecular formula is C13H24N4. The van der Waals surface area contributed by atoms with Crippen LogP contribution in [0, 0.1) is 0 Å². The van der Waals surface area contributed by atoms with Crippen molar-refractivity contribution < 1.29 is 0 Å². The summed E-state index contributed by atoms with van der Waals surface area (Å²) in [5.41, 5.74) is 1.18. The van der Waals surface area contributed by atoms with E-state index in [9.17, 15) is 0 Å². The minimum Gasteiger partial charge on any atom is -0.312 e. The fourth-order valence-electron chi connectivity index (χ4n) is 2.42. The molecule has 1 unspecified atom stereocenters. The molecule has 1 aliphatic rings. The molecule has 96 valence electrons. The SMILES string of the molecule is CC(C)N1CCC(NCCc2ccn(C)n2)C1. The zero-order valence-electron chi connectivity index (χ0n) is 11.2. The second-order valence-electron chi connectivity index (χ2n) is 5.26. The van der Waals surface area contributed by atoms with Gasteiger partial charge in [-0.15, -0.1) is 0 Å². The Hall–Kier alpha value is -0.870. The zero-order valence-corrected chi connectivity index (χ0v) is 11.2. The molecule has 0 aromatic carbocycles. The second kappa shape index (κ2) is 5.65. The molecule has 0 bridgehead atoms. The van der Waals surface area contributed by atoms with E-state index < -0.39 is 0 Å². The predicted molar refractivity (Wildman–Crippen MR) is 70.0 cm³/mol. The fraction of sp³-hybridized carbons (Fsp3) is 0.769. The number of aryl methyl sites for hydroxylation is 1. The van der Waals surface area contributed by atoms with Crippen LogP contribution in [0.3, 0.4) is 0 Å². The van der Waals surface area contributed by atoms with Crippen LogP contribution in [-0.4, -0.2) is 46.4 Å². The Bertz CT molecular complexity index is 345. The number of hydrogen-bond acceptors (Lipinski definition) is 3. The summed E-state index contributed by atoms with van der Waals surface area (Å²) in [5, 5.41) is 8.02. The molecule has 1 aliphatic heterocycles. The molecule has 0 aliphatic carbocycles. The van der Waals surface area contributed by atoms with Gasteiger partial charge in [0.1, 0.15) is 0 Å². The summed E-state index contributed by atoms with van der Waals surface area (Å²) in [5.74, 6) is 0. The van der Waals surface area contributed by atoms with E-state index in [4.69, 9.17) is 0 Å². The molecule has 1 N–H and O–H groups in total. The van der Waals surface area contributed by atoms with Gasteiger partial charge in [0.15, 0.2) is 0 Å². The average Bonchev–Trinajstić information content (AvgIpc) is 2.88. The number of likely N-dealkylation sites (tertiary alicyclic amines) is 1. The lowest BCUT2D eigenvalue weighted by Crippen LogP contribution is -2.36. The van der Waals surface area contributed by atoms with E-state index >= 15 is 0 Å². The molecule has 1 atom stereocenters. The average molecular weight is 236 g/mol. The molecular weight excluding hydrogens is 212 g/mol. The fourth-order valence-corrected chi connectivity index (χ4v) is 2.42. The molecule has 4 heteroatoms. The van der Waals surface area contributed by atoms with Crippen molar-refractivity contribution in [2.75, 3.05) is 19.6 Å². The number of nitrogens with one attached hydrogen (secondary N) is 1. The summed E-state index contributed by atoms with van der Waals surface area (Å²) in [6.07, 6.45) is 4.31. The van der Waals surface area contributed by atoms with Crippen LogP contribution in [0.2, 0.25) is 0 Å². The van der Waals surface area contributed by atoms with Gasteiger partial charge >= 0.3 is 0 Å². The number of aromatic nitrogens is 2. The van der Waals surface area contributed by atoms with Crippen molar-refractivity contribution in [3.05, 3.63) is 18.0 Å². The van der Waals surface area contributed by atoms with Gasteiger partial charge in [0.2, 0.25) is 0 Å². The highest BCUT2D eigenvalue weighted by Gasteiger charge is 2.23. The molecule has 1 fully saturated rings. The van der Waals surface area contributed by atoms with Crippen molar-refractivity contribution in [3.63, 3.8) is 0 Å². The Morgan fingerprint density at radius 3 is 2.94 bits per heavy atom. The summed E-state index contributed by atoms with van der Waals surface area (Å²) in [7, 11) is 1.97. The van der Waals surface area contributed by atoms with Crippen LogP contribution in [0.25, 0.3) is 0 Å². The summed E-state index contributed by atoms with van der Waals surface area (Å²) >= 11 is 0. The van der Waals surface area contributed by atoms with Gasteiger partial charge in [-0.2, -0.15) is 5.10 Å². The minimum absolute atomic E-state index is 0.668. The van der Waals surface area contributed by atoms with Gasteiger partial charge in [0.05, 0.1) is 5.69 Å². The van der Waals surface area contributed by atoms with E-state index in [0.29, 0.717) is 12.1 Å². The number of hydrogen-bond donors (Lipinski definition) is 1. The van der Waals surface area contributed by atoms with Crippen molar-refractivity contribution in [3.8, 4) is 0 Å². The summed E-state index contributed by atoms with van der Waals surface area (Å²) < 4.78 is 1.87.